The van der Waals surface area contributed by atoms with Crippen molar-refractivity contribution < 1.29 is 30.6 Å². The number of aryl methyl sites for hydroxylation is 2. The summed E-state index contributed by atoms with van der Waals surface area (Å²) in [5, 5.41) is 5.86. The van der Waals surface area contributed by atoms with Crippen LogP contribution in [0, 0.1) is 19.9 Å². The summed E-state index contributed by atoms with van der Waals surface area (Å²) in [5.74, 6) is 0. The number of rotatable bonds is 4. The van der Waals surface area contributed by atoms with Crippen LogP contribution in [0.15, 0.2) is 35.7 Å². The molecule has 1 rings (SSSR count). The number of benzene rings is 1. The van der Waals surface area contributed by atoms with Gasteiger partial charge in [-0.1, -0.05) is 26.1 Å². The van der Waals surface area contributed by atoms with Crippen LogP contribution in [0.1, 0.15) is 25.0 Å². The zero-order valence-corrected chi connectivity index (χ0v) is 16.0. The molecular formula is C16H21N2O2W-. The van der Waals surface area contributed by atoms with Gasteiger partial charge in [-0.3, -0.25) is 5.32 Å². The molecule has 0 fully saturated rings. The molecule has 0 radical (unpaired) electrons. The summed E-state index contributed by atoms with van der Waals surface area (Å²) in [7, 11) is 1.33. The van der Waals surface area contributed by atoms with Crippen molar-refractivity contribution in [3.63, 3.8) is 0 Å². The summed E-state index contributed by atoms with van der Waals surface area (Å²) in [6.07, 6.45) is -0.491. The summed E-state index contributed by atoms with van der Waals surface area (Å²) in [6.45, 7) is 11.7. The van der Waals surface area contributed by atoms with E-state index in [0.717, 1.165) is 28.1 Å². The maximum absolute atomic E-state index is 11.2. The quantitative estimate of drug-likeness (QED) is 0.536. The van der Waals surface area contributed by atoms with Gasteiger partial charge in [0.15, 0.2) is 0 Å². The Hall–Kier alpha value is -1.54. The predicted octanol–water partition coefficient (Wildman–Crippen LogP) is 3.68. The standard InChI is InChI=1S/C16H21N2O2.W/c1-10-7-8-15(11(2)9-10)17-13(4)12(3)14(5)18-16(19)20-6;/h8-9,17H,4H2,1-3,5-6H3,(H,18,19);/q-1;/b14-12-;. The van der Waals surface area contributed by atoms with Gasteiger partial charge in [-0.2, -0.15) is 23.8 Å². The van der Waals surface area contributed by atoms with E-state index < -0.39 is 6.09 Å². The number of hydrogen-bond acceptors (Lipinski definition) is 3. The Balaban J connectivity index is 0.00000400. The molecule has 0 bridgehead atoms. The second-order valence-electron chi connectivity index (χ2n) is 4.68. The summed E-state index contributed by atoms with van der Waals surface area (Å²) in [6, 6.07) is 7.09. The Labute approximate surface area is 140 Å². The molecule has 0 aliphatic carbocycles. The molecule has 0 saturated heterocycles. The fourth-order valence-electron chi connectivity index (χ4n) is 1.66. The number of alkyl carbamates (subject to hydrolysis) is 1. The maximum Gasteiger partial charge on any atom is 0.411 e. The molecule has 2 N–H and O–H groups in total. The Kier molecular flexibility index (Phi) is 8.04. The molecule has 0 heterocycles. The van der Waals surface area contributed by atoms with Gasteiger partial charge in [-0.05, 0) is 19.4 Å². The van der Waals surface area contributed by atoms with Crippen LogP contribution in [0.4, 0.5) is 10.5 Å². The third-order valence-corrected chi connectivity index (χ3v) is 3.08. The summed E-state index contributed by atoms with van der Waals surface area (Å²) >= 11 is 0. The molecule has 21 heavy (non-hydrogen) atoms. The molecule has 5 heteroatoms. The van der Waals surface area contributed by atoms with E-state index in [1.165, 1.54) is 7.11 Å². The normalized spacial score (nSPS) is 10.9. The number of carbonyl (C=O) groups is 1. The minimum Gasteiger partial charge on any atom is -0.453 e. The van der Waals surface area contributed by atoms with E-state index in [4.69, 9.17) is 0 Å². The molecule has 4 nitrogen and oxygen atoms in total. The number of nitrogens with one attached hydrogen (secondary N) is 2. The van der Waals surface area contributed by atoms with Gasteiger partial charge in [-0.25, -0.2) is 4.79 Å². The Morgan fingerprint density at radius 1 is 1.33 bits per heavy atom. The van der Waals surface area contributed by atoms with E-state index in [-0.39, 0.29) is 21.1 Å². The number of hydrogen-bond donors (Lipinski definition) is 2. The van der Waals surface area contributed by atoms with Gasteiger partial charge in [0.1, 0.15) is 0 Å². The summed E-state index contributed by atoms with van der Waals surface area (Å²) in [4.78, 5) is 11.2. The van der Waals surface area contributed by atoms with Gasteiger partial charge in [0.05, 0.1) is 7.11 Å². The van der Waals surface area contributed by atoms with Crippen LogP contribution >= 0.6 is 0 Å². The molecule has 0 aliphatic rings. The van der Waals surface area contributed by atoms with Crippen LogP contribution in [0.3, 0.4) is 0 Å². The van der Waals surface area contributed by atoms with Crippen LogP contribution in [0.5, 0.6) is 0 Å². The maximum atomic E-state index is 11.2. The van der Waals surface area contributed by atoms with Gasteiger partial charge in [-0.15, -0.1) is 5.56 Å². The van der Waals surface area contributed by atoms with Crippen molar-refractivity contribution in [2.24, 2.45) is 0 Å². The average molecular weight is 457 g/mol. The molecule has 0 aliphatic heterocycles. The van der Waals surface area contributed by atoms with Crippen molar-refractivity contribution in [1.82, 2.24) is 5.32 Å². The Morgan fingerprint density at radius 3 is 2.48 bits per heavy atom. The largest absolute Gasteiger partial charge is 0.453 e. The van der Waals surface area contributed by atoms with Crippen molar-refractivity contribution in [2.75, 3.05) is 12.4 Å². The molecule has 1 amide bonds. The van der Waals surface area contributed by atoms with Crippen molar-refractivity contribution in [1.29, 1.82) is 0 Å². The second kappa shape index (κ2) is 8.68. The van der Waals surface area contributed by atoms with Crippen LogP contribution in [0.25, 0.3) is 0 Å². The first-order valence-corrected chi connectivity index (χ1v) is 6.32. The van der Waals surface area contributed by atoms with Crippen LogP contribution < -0.4 is 10.6 Å². The van der Waals surface area contributed by atoms with Crippen LogP contribution in [-0.4, -0.2) is 13.2 Å². The van der Waals surface area contributed by atoms with Gasteiger partial charge in [0.2, 0.25) is 0 Å². The minimum absolute atomic E-state index is 0. The monoisotopic (exact) mass is 457 g/mol. The average Bonchev–Trinajstić information content (AvgIpc) is 2.40. The SMILES string of the molecule is C=C(Nc1c[c-]c(C)cc1C)/C(C)=C(/C)NC(=O)OC.[W]. The molecule has 0 saturated carbocycles. The van der Waals surface area contributed by atoms with E-state index in [1.54, 1.807) is 6.92 Å². The first-order chi connectivity index (χ1) is 9.35. The Morgan fingerprint density at radius 2 is 1.95 bits per heavy atom. The smallest absolute Gasteiger partial charge is 0.411 e. The number of anilines is 1. The van der Waals surface area contributed by atoms with Crippen molar-refractivity contribution in [2.45, 2.75) is 27.7 Å². The molecule has 0 atom stereocenters. The molecule has 1 aromatic carbocycles. The van der Waals surface area contributed by atoms with Crippen molar-refractivity contribution in [3.05, 3.63) is 52.9 Å². The van der Waals surface area contributed by atoms with Gasteiger partial charge in [0, 0.05) is 32.5 Å². The predicted molar refractivity (Wildman–Crippen MR) is 81.4 cm³/mol. The van der Waals surface area contributed by atoms with Crippen LogP contribution in [-0.2, 0) is 25.8 Å². The summed E-state index contributed by atoms with van der Waals surface area (Å²) in [5.41, 5.74) is 5.44. The first kappa shape index (κ1) is 19.5. The molecule has 114 valence electrons. The van der Waals surface area contributed by atoms with Gasteiger partial charge < -0.3 is 10.1 Å². The van der Waals surface area contributed by atoms with Gasteiger partial charge in [0.25, 0.3) is 0 Å². The molecular weight excluding hydrogens is 436 g/mol. The third-order valence-electron chi connectivity index (χ3n) is 3.08. The number of ether oxygens (including phenoxy) is 1. The number of allylic oxidation sites excluding steroid dienone is 2. The fourth-order valence-corrected chi connectivity index (χ4v) is 1.66. The Bertz CT molecular complexity index is 565. The zero-order valence-electron chi connectivity index (χ0n) is 13.1. The van der Waals surface area contributed by atoms with E-state index in [1.807, 2.05) is 32.9 Å². The fraction of sp³-hybridized carbons (Fsp3) is 0.312. The van der Waals surface area contributed by atoms with Crippen LogP contribution in [0.2, 0.25) is 0 Å². The number of methoxy groups -OCH3 is 1. The summed E-state index contributed by atoms with van der Waals surface area (Å²) < 4.78 is 4.56. The minimum atomic E-state index is -0.491. The second-order valence-corrected chi connectivity index (χ2v) is 4.68. The first-order valence-electron chi connectivity index (χ1n) is 6.32. The molecule has 0 aromatic heterocycles. The third kappa shape index (κ3) is 5.76. The number of amides is 1. The topological polar surface area (TPSA) is 50.4 Å². The van der Waals surface area contributed by atoms with E-state index in [9.17, 15) is 4.79 Å². The van der Waals surface area contributed by atoms with E-state index in [2.05, 4.69) is 28.0 Å². The molecule has 0 unspecified atom stereocenters. The molecule has 0 spiro atoms. The van der Waals surface area contributed by atoms with Gasteiger partial charge >= 0.3 is 6.09 Å². The van der Waals surface area contributed by atoms with E-state index in [0.29, 0.717) is 5.70 Å². The van der Waals surface area contributed by atoms with E-state index >= 15 is 0 Å². The number of carbonyl (C=O) groups excluding carboxylic acids is 1. The van der Waals surface area contributed by atoms with Crippen molar-refractivity contribution >= 4 is 11.8 Å². The zero-order chi connectivity index (χ0) is 15.3. The van der Waals surface area contributed by atoms with Crippen molar-refractivity contribution in [3.8, 4) is 0 Å². The molecule has 1 aromatic rings.